The lowest BCUT2D eigenvalue weighted by atomic mass is 10.2. The molecule has 0 amide bonds. The first kappa shape index (κ1) is 11.0. The van der Waals surface area contributed by atoms with E-state index in [9.17, 15) is 5.11 Å². The zero-order chi connectivity index (χ0) is 11.4. The van der Waals surface area contributed by atoms with Crippen molar-refractivity contribution >= 4 is 11.8 Å². The van der Waals surface area contributed by atoms with Crippen molar-refractivity contribution in [3.8, 4) is 5.75 Å². The third-order valence-corrected chi connectivity index (χ3v) is 3.33. The van der Waals surface area contributed by atoms with Crippen LogP contribution in [-0.2, 0) is 5.75 Å². The van der Waals surface area contributed by atoms with Crippen molar-refractivity contribution in [2.45, 2.75) is 17.6 Å². The summed E-state index contributed by atoms with van der Waals surface area (Å²) in [5.41, 5.74) is 2.34. The Hall–Kier alpha value is -1.48. The largest absolute Gasteiger partial charge is 0.507 e. The minimum Gasteiger partial charge on any atom is -0.507 e. The van der Waals surface area contributed by atoms with Crippen LogP contribution < -0.4 is 0 Å². The molecule has 1 aromatic carbocycles. The number of aromatic hydroxyl groups is 1. The normalized spacial score (nSPS) is 10.3. The molecule has 0 radical (unpaired) electrons. The van der Waals surface area contributed by atoms with Crippen LogP contribution in [0.2, 0.25) is 0 Å². The van der Waals surface area contributed by atoms with E-state index in [-0.39, 0.29) is 0 Å². The summed E-state index contributed by atoms with van der Waals surface area (Å²) < 4.78 is 0. The summed E-state index contributed by atoms with van der Waals surface area (Å²) in [7, 11) is 0. The average molecular weight is 231 g/mol. The van der Waals surface area contributed by atoms with Gasteiger partial charge in [-0.1, -0.05) is 18.2 Å². The highest BCUT2D eigenvalue weighted by Gasteiger charge is 2.01. The van der Waals surface area contributed by atoms with Crippen molar-refractivity contribution in [1.82, 2.24) is 4.98 Å². The summed E-state index contributed by atoms with van der Waals surface area (Å²) in [6.07, 6.45) is 3.70. The predicted octanol–water partition coefficient (Wildman–Crippen LogP) is 3.39. The highest BCUT2D eigenvalue weighted by atomic mass is 32.2. The zero-order valence-electron chi connectivity index (χ0n) is 9.05. The molecule has 2 nitrogen and oxygen atoms in total. The number of pyridine rings is 1. The molecule has 1 heterocycles. The highest BCUT2D eigenvalue weighted by Crippen LogP contribution is 2.30. The van der Waals surface area contributed by atoms with Crippen molar-refractivity contribution in [3.05, 3.63) is 53.9 Å². The molecule has 2 aromatic rings. The number of hydrogen-bond acceptors (Lipinski definition) is 3. The maximum Gasteiger partial charge on any atom is 0.129 e. The first-order chi connectivity index (χ1) is 7.75. The van der Waals surface area contributed by atoms with Gasteiger partial charge in [-0.15, -0.1) is 11.8 Å². The first-order valence-corrected chi connectivity index (χ1v) is 6.05. The van der Waals surface area contributed by atoms with Gasteiger partial charge in [0.2, 0.25) is 0 Å². The van der Waals surface area contributed by atoms with Gasteiger partial charge in [-0.2, -0.15) is 0 Å². The van der Waals surface area contributed by atoms with Crippen LogP contribution in [0.25, 0.3) is 0 Å². The molecular formula is C13H13NOS. The standard InChI is InChI=1S/C13H13NOS/c1-10-6-11(8-14-7-10)9-16-13-5-3-2-4-12(13)15/h2-8,15H,9H2,1H3. The molecule has 0 aliphatic heterocycles. The van der Waals surface area contributed by atoms with Crippen molar-refractivity contribution < 1.29 is 5.11 Å². The van der Waals surface area contributed by atoms with Crippen molar-refractivity contribution in [3.63, 3.8) is 0 Å². The van der Waals surface area contributed by atoms with E-state index in [1.54, 1.807) is 17.8 Å². The molecule has 3 heteroatoms. The van der Waals surface area contributed by atoms with Crippen LogP contribution in [0.15, 0.2) is 47.6 Å². The van der Waals surface area contributed by atoms with Gasteiger partial charge in [0.05, 0.1) is 0 Å². The second kappa shape index (κ2) is 5.03. The molecule has 16 heavy (non-hydrogen) atoms. The Balaban J connectivity index is 2.05. The molecule has 0 saturated carbocycles. The minimum atomic E-state index is 0.341. The molecule has 0 aliphatic rings. The van der Waals surface area contributed by atoms with Crippen molar-refractivity contribution in [2.24, 2.45) is 0 Å². The molecule has 1 N–H and O–H groups in total. The van der Waals surface area contributed by atoms with E-state index >= 15 is 0 Å². The predicted molar refractivity (Wildman–Crippen MR) is 66.6 cm³/mol. The molecule has 0 spiro atoms. The Morgan fingerprint density at radius 3 is 2.81 bits per heavy atom. The number of hydrogen-bond donors (Lipinski definition) is 1. The summed E-state index contributed by atoms with van der Waals surface area (Å²) >= 11 is 1.62. The quantitative estimate of drug-likeness (QED) is 0.822. The number of rotatable bonds is 3. The van der Waals surface area contributed by atoms with Gasteiger partial charge in [0, 0.05) is 23.0 Å². The Kier molecular flexibility index (Phi) is 3.47. The Morgan fingerprint density at radius 1 is 1.25 bits per heavy atom. The third kappa shape index (κ3) is 2.76. The van der Waals surface area contributed by atoms with Gasteiger partial charge in [-0.05, 0) is 30.2 Å². The Bertz CT molecular complexity index is 485. The number of thioether (sulfide) groups is 1. The smallest absolute Gasteiger partial charge is 0.129 e. The van der Waals surface area contributed by atoms with Crippen LogP contribution in [0.4, 0.5) is 0 Å². The Labute approximate surface area is 99.4 Å². The number of benzene rings is 1. The number of para-hydroxylation sites is 1. The monoisotopic (exact) mass is 231 g/mol. The number of phenols is 1. The van der Waals surface area contributed by atoms with Crippen LogP contribution in [0.1, 0.15) is 11.1 Å². The molecule has 82 valence electrons. The van der Waals surface area contributed by atoms with Gasteiger partial charge in [0.1, 0.15) is 5.75 Å². The molecule has 0 aliphatic carbocycles. The lowest BCUT2D eigenvalue weighted by Gasteiger charge is -2.04. The molecule has 1 aromatic heterocycles. The lowest BCUT2D eigenvalue weighted by Crippen LogP contribution is -1.84. The summed E-state index contributed by atoms with van der Waals surface area (Å²) in [6.45, 7) is 2.03. The molecule has 0 unspecified atom stereocenters. The fourth-order valence-electron chi connectivity index (χ4n) is 1.44. The minimum absolute atomic E-state index is 0.341. The van der Waals surface area contributed by atoms with Crippen LogP contribution in [0.5, 0.6) is 5.75 Å². The second-order valence-corrected chi connectivity index (χ2v) is 4.64. The molecule has 2 rings (SSSR count). The maximum absolute atomic E-state index is 9.61. The maximum atomic E-state index is 9.61. The number of aromatic nitrogens is 1. The van der Waals surface area contributed by atoms with Crippen molar-refractivity contribution in [1.29, 1.82) is 0 Å². The average Bonchev–Trinajstić information content (AvgIpc) is 2.28. The summed E-state index contributed by atoms with van der Waals surface area (Å²) in [4.78, 5) is 5.05. The summed E-state index contributed by atoms with van der Waals surface area (Å²) in [5.74, 6) is 1.17. The van der Waals surface area contributed by atoms with Crippen molar-refractivity contribution in [2.75, 3.05) is 0 Å². The van der Waals surface area contributed by atoms with E-state index in [0.717, 1.165) is 16.2 Å². The van der Waals surface area contributed by atoms with E-state index in [1.165, 1.54) is 5.56 Å². The molecule has 0 atom stereocenters. The molecule has 0 bridgehead atoms. The van der Waals surface area contributed by atoms with Gasteiger partial charge in [0.15, 0.2) is 0 Å². The fraction of sp³-hybridized carbons (Fsp3) is 0.154. The number of nitrogens with zero attached hydrogens (tertiary/aromatic N) is 1. The topological polar surface area (TPSA) is 33.1 Å². The number of phenolic OH excluding ortho intramolecular Hbond substituents is 1. The van der Waals surface area contributed by atoms with E-state index in [2.05, 4.69) is 11.1 Å². The summed E-state index contributed by atoms with van der Waals surface area (Å²) in [5, 5.41) is 9.61. The first-order valence-electron chi connectivity index (χ1n) is 5.07. The summed E-state index contributed by atoms with van der Waals surface area (Å²) in [6, 6.07) is 9.49. The van der Waals surface area contributed by atoms with Crippen LogP contribution in [0, 0.1) is 6.92 Å². The van der Waals surface area contributed by atoms with Gasteiger partial charge in [-0.25, -0.2) is 0 Å². The van der Waals surface area contributed by atoms with Crippen LogP contribution >= 0.6 is 11.8 Å². The van der Waals surface area contributed by atoms with E-state index in [4.69, 9.17) is 0 Å². The van der Waals surface area contributed by atoms with Gasteiger partial charge in [-0.3, -0.25) is 4.98 Å². The van der Waals surface area contributed by atoms with E-state index < -0.39 is 0 Å². The lowest BCUT2D eigenvalue weighted by molar-refractivity contribution is 0.462. The SMILES string of the molecule is Cc1cncc(CSc2ccccc2O)c1. The number of aryl methyl sites for hydroxylation is 1. The highest BCUT2D eigenvalue weighted by molar-refractivity contribution is 7.98. The van der Waals surface area contributed by atoms with Crippen LogP contribution in [-0.4, -0.2) is 10.1 Å². The molecular weight excluding hydrogens is 218 g/mol. The van der Waals surface area contributed by atoms with E-state index in [1.807, 2.05) is 37.5 Å². The zero-order valence-corrected chi connectivity index (χ0v) is 9.87. The third-order valence-electron chi connectivity index (χ3n) is 2.19. The van der Waals surface area contributed by atoms with Crippen LogP contribution in [0.3, 0.4) is 0 Å². The van der Waals surface area contributed by atoms with Gasteiger partial charge < -0.3 is 5.11 Å². The van der Waals surface area contributed by atoms with Gasteiger partial charge in [0.25, 0.3) is 0 Å². The van der Waals surface area contributed by atoms with E-state index in [0.29, 0.717) is 5.75 Å². The fourth-order valence-corrected chi connectivity index (χ4v) is 2.31. The Morgan fingerprint density at radius 2 is 2.06 bits per heavy atom. The second-order valence-electron chi connectivity index (χ2n) is 3.63. The van der Waals surface area contributed by atoms with Gasteiger partial charge >= 0.3 is 0 Å². The molecule has 0 fully saturated rings. The molecule has 0 saturated heterocycles.